The van der Waals surface area contributed by atoms with Crippen LogP contribution in [0.1, 0.15) is 36.9 Å². The van der Waals surface area contributed by atoms with Crippen LogP contribution in [0.25, 0.3) is 0 Å². The molecule has 0 radical (unpaired) electrons. The lowest BCUT2D eigenvalue weighted by Gasteiger charge is -2.32. The molecule has 3 N–H and O–H groups in total. The number of halogens is 1. The molecule has 2 aromatic carbocycles. The number of carbonyl (C=O) groups is 1. The second-order valence-corrected chi connectivity index (χ2v) is 7.74. The summed E-state index contributed by atoms with van der Waals surface area (Å²) in [7, 11) is 0. The van der Waals surface area contributed by atoms with Gasteiger partial charge in [-0.3, -0.25) is 0 Å². The predicted octanol–water partition coefficient (Wildman–Crippen LogP) is 3.17. The average molecular weight is 458 g/mol. The van der Waals surface area contributed by atoms with E-state index >= 15 is 4.39 Å². The molecule has 176 valence electrons. The van der Waals surface area contributed by atoms with Crippen LogP contribution in [-0.2, 0) is 4.79 Å². The lowest BCUT2D eigenvalue weighted by atomic mass is 10.0. The minimum Gasteiger partial charge on any atom is -0.494 e. The molecule has 0 bridgehead atoms. The van der Waals surface area contributed by atoms with Crippen molar-refractivity contribution in [2.45, 2.75) is 31.9 Å². The first-order valence-electron chi connectivity index (χ1n) is 10.9. The van der Waals surface area contributed by atoms with E-state index in [1.807, 2.05) is 6.07 Å². The van der Waals surface area contributed by atoms with Crippen LogP contribution in [0.3, 0.4) is 0 Å². The minimum atomic E-state index is -1.40. The number of aliphatic hydroxyl groups is 1. The number of carboxylic acid groups (broad SMARTS) is 1. The third-order valence-corrected chi connectivity index (χ3v) is 5.48. The summed E-state index contributed by atoms with van der Waals surface area (Å²) < 4.78 is 27.0. The molecule has 0 saturated carbocycles. The first kappa shape index (κ1) is 24.3. The Bertz CT molecular complexity index is 985. The lowest BCUT2D eigenvalue weighted by molar-refractivity contribution is -0.138. The van der Waals surface area contributed by atoms with Gasteiger partial charge in [-0.25, -0.2) is 9.18 Å². The second kappa shape index (κ2) is 11.5. The van der Waals surface area contributed by atoms with Crippen molar-refractivity contribution in [3.05, 3.63) is 53.3 Å². The van der Waals surface area contributed by atoms with E-state index in [4.69, 9.17) is 19.8 Å². The zero-order valence-corrected chi connectivity index (χ0v) is 18.5. The van der Waals surface area contributed by atoms with Crippen LogP contribution < -0.4 is 14.8 Å². The quantitative estimate of drug-likeness (QED) is 0.498. The Balaban J connectivity index is 1.86. The van der Waals surface area contributed by atoms with E-state index in [0.717, 1.165) is 13.1 Å². The number of nitrogens with one attached hydrogen (secondary N) is 1. The summed E-state index contributed by atoms with van der Waals surface area (Å²) in [6.45, 7) is 4.23. The molecule has 1 unspecified atom stereocenters. The smallest absolute Gasteiger partial charge is 0.330 e. The van der Waals surface area contributed by atoms with Gasteiger partial charge in [0.2, 0.25) is 0 Å². The number of hydrogen-bond donors (Lipinski definition) is 3. The monoisotopic (exact) mass is 457 g/mol. The largest absolute Gasteiger partial charge is 0.494 e. The fourth-order valence-electron chi connectivity index (χ4n) is 3.79. The van der Waals surface area contributed by atoms with Crippen LogP contribution in [0.15, 0.2) is 36.4 Å². The highest BCUT2D eigenvalue weighted by Gasteiger charge is 2.28. The molecule has 0 amide bonds. The lowest BCUT2D eigenvalue weighted by Crippen LogP contribution is -2.39. The zero-order valence-electron chi connectivity index (χ0n) is 18.5. The maximum absolute atomic E-state index is 15.5. The van der Waals surface area contributed by atoms with E-state index < -0.39 is 17.8 Å². The summed E-state index contributed by atoms with van der Waals surface area (Å²) >= 11 is 0. The number of likely N-dealkylation sites (tertiary alicyclic amines) is 1. The Morgan fingerprint density at radius 2 is 2.00 bits per heavy atom. The van der Waals surface area contributed by atoms with Gasteiger partial charge in [0.1, 0.15) is 11.9 Å². The predicted molar refractivity (Wildman–Crippen MR) is 120 cm³/mol. The fraction of sp³-hybridized carbons (Fsp3) is 0.417. The molecule has 8 nitrogen and oxygen atoms in total. The Labute approximate surface area is 192 Å². The van der Waals surface area contributed by atoms with Gasteiger partial charge >= 0.3 is 5.97 Å². The summed E-state index contributed by atoms with van der Waals surface area (Å²) in [6.07, 6.45) is 1.10. The van der Waals surface area contributed by atoms with Crippen molar-refractivity contribution in [3.63, 3.8) is 0 Å². The highest BCUT2D eigenvalue weighted by Crippen LogP contribution is 2.34. The molecule has 33 heavy (non-hydrogen) atoms. The normalized spacial score (nSPS) is 15.5. The number of anilines is 1. The summed E-state index contributed by atoms with van der Waals surface area (Å²) in [6, 6.07) is 9.64. The Kier molecular flexibility index (Phi) is 8.46. The van der Waals surface area contributed by atoms with Gasteiger partial charge in [-0.2, -0.15) is 5.26 Å². The number of nitriles is 1. The number of ether oxygens (including phenoxy) is 2. The Morgan fingerprint density at radius 3 is 2.58 bits per heavy atom. The van der Waals surface area contributed by atoms with Crippen LogP contribution in [0.5, 0.6) is 11.5 Å². The number of hydrogen-bond acceptors (Lipinski definition) is 7. The SMILES string of the molecule is CCOc1cc(OC2CCN(CCO)CC2)c(F)c(C(Nc2ccc(C#N)cc2)C(=O)O)c1. The first-order chi connectivity index (χ1) is 15.9. The van der Waals surface area contributed by atoms with E-state index in [0.29, 0.717) is 43.0 Å². The fourth-order valence-corrected chi connectivity index (χ4v) is 3.79. The minimum absolute atomic E-state index is 0.0514. The van der Waals surface area contributed by atoms with Gasteiger partial charge < -0.3 is 29.9 Å². The third-order valence-electron chi connectivity index (χ3n) is 5.48. The standard InChI is InChI=1S/C24H28FN3O5/c1-2-32-19-13-20(23(24(30)31)27-17-5-3-16(15-26)4-6-17)22(25)21(14-19)33-18-7-9-28(10-8-18)11-12-29/h3-6,13-14,18,23,27,29H,2,7-12H2,1H3,(H,30,31). The number of nitrogens with zero attached hydrogens (tertiary/aromatic N) is 2. The van der Waals surface area contributed by atoms with E-state index in [2.05, 4.69) is 10.2 Å². The van der Waals surface area contributed by atoms with Crippen LogP contribution >= 0.6 is 0 Å². The molecular formula is C24H28FN3O5. The summed E-state index contributed by atoms with van der Waals surface area (Å²) in [4.78, 5) is 14.2. The van der Waals surface area contributed by atoms with Gasteiger partial charge in [-0.15, -0.1) is 0 Å². The van der Waals surface area contributed by atoms with Crippen molar-refractivity contribution in [1.29, 1.82) is 5.26 Å². The topological polar surface area (TPSA) is 115 Å². The van der Waals surface area contributed by atoms with E-state index in [9.17, 15) is 9.90 Å². The second-order valence-electron chi connectivity index (χ2n) is 7.74. The molecule has 3 rings (SSSR count). The van der Waals surface area contributed by atoms with Gasteiger partial charge in [0.15, 0.2) is 17.6 Å². The summed E-state index contributed by atoms with van der Waals surface area (Å²) in [5.74, 6) is -1.76. The number of carboxylic acids is 1. The van der Waals surface area contributed by atoms with Gasteiger partial charge in [-0.1, -0.05) is 0 Å². The Hall–Kier alpha value is -3.35. The van der Waals surface area contributed by atoms with E-state index in [1.165, 1.54) is 12.1 Å². The van der Waals surface area contributed by atoms with Crippen molar-refractivity contribution in [2.75, 3.05) is 38.2 Å². The maximum Gasteiger partial charge on any atom is 0.330 e. The van der Waals surface area contributed by atoms with E-state index in [-0.39, 0.29) is 24.0 Å². The van der Waals surface area contributed by atoms with Crippen LogP contribution in [-0.4, -0.2) is 60.0 Å². The summed E-state index contributed by atoms with van der Waals surface area (Å²) in [5.41, 5.74) is 0.754. The summed E-state index contributed by atoms with van der Waals surface area (Å²) in [5, 5.41) is 30.7. The van der Waals surface area contributed by atoms with E-state index in [1.54, 1.807) is 31.2 Å². The molecular weight excluding hydrogens is 429 g/mol. The number of β-amino-alcohol motifs (C(OH)–C–C–N with tert-alkyl or cyclic N) is 1. The van der Waals surface area contributed by atoms with Gasteiger partial charge in [-0.05, 0) is 50.1 Å². The van der Waals surface area contributed by atoms with Gasteiger partial charge in [0, 0.05) is 37.0 Å². The van der Waals surface area contributed by atoms with Gasteiger partial charge in [0.25, 0.3) is 0 Å². The molecule has 9 heteroatoms. The number of piperidine rings is 1. The van der Waals surface area contributed by atoms with Crippen LogP contribution in [0.4, 0.5) is 10.1 Å². The van der Waals surface area contributed by atoms with Crippen molar-refractivity contribution in [1.82, 2.24) is 4.90 Å². The number of aliphatic carboxylic acids is 1. The molecule has 1 aliphatic heterocycles. The molecule has 0 aliphatic carbocycles. The van der Waals surface area contributed by atoms with Crippen molar-refractivity contribution >= 4 is 11.7 Å². The van der Waals surface area contributed by atoms with Crippen molar-refractivity contribution in [3.8, 4) is 17.6 Å². The molecule has 1 heterocycles. The molecule has 1 atom stereocenters. The van der Waals surface area contributed by atoms with Crippen LogP contribution in [0, 0.1) is 17.1 Å². The number of rotatable bonds is 10. The molecule has 1 saturated heterocycles. The third kappa shape index (κ3) is 6.34. The number of aliphatic hydroxyl groups excluding tert-OH is 1. The van der Waals surface area contributed by atoms with Crippen LogP contribution in [0.2, 0.25) is 0 Å². The number of benzene rings is 2. The highest BCUT2D eigenvalue weighted by molar-refractivity contribution is 5.80. The van der Waals surface area contributed by atoms with Gasteiger partial charge in [0.05, 0.1) is 24.8 Å². The molecule has 1 aliphatic rings. The zero-order chi connectivity index (χ0) is 23.8. The first-order valence-corrected chi connectivity index (χ1v) is 10.9. The molecule has 0 aromatic heterocycles. The molecule has 0 spiro atoms. The molecule has 2 aromatic rings. The maximum atomic E-state index is 15.5. The van der Waals surface area contributed by atoms with Crippen molar-refractivity contribution < 1.29 is 28.9 Å². The highest BCUT2D eigenvalue weighted by atomic mass is 19.1. The van der Waals surface area contributed by atoms with Crippen molar-refractivity contribution in [2.24, 2.45) is 0 Å². The Morgan fingerprint density at radius 1 is 1.30 bits per heavy atom. The average Bonchev–Trinajstić information content (AvgIpc) is 2.81. The molecule has 1 fully saturated rings.